The average Bonchev–Trinajstić information content (AvgIpc) is 3.01. The predicted molar refractivity (Wildman–Crippen MR) is 173 cm³/mol. The van der Waals surface area contributed by atoms with E-state index in [1.165, 1.54) is 31.8 Å². The largest absolute Gasteiger partial charge is 1.00 e. The molecule has 0 amide bonds. The van der Waals surface area contributed by atoms with Crippen LogP contribution in [0.2, 0.25) is 0 Å². The van der Waals surface area contributed by atoms with Crippen LogP contribution in [0.5, 0.6) is 0 Å². The summed E-state index contributed by atoms with van der Waals surface area (Å²) in [6.45, 7) is 0. The molecule has 0 radical (unpaired) electrons. The van der Waals surface area contributed by atoms with Crippen molar-refractivity contribution in [3.63, 3.8) is 0 Å². The predicted octanol–water partition coefficient (Wildman–Crippen LogP) is 3.36. The Bertz CT molecular complexity index is 1180. The maximum atomic E-state index is 2.24. The molecule has 6 aromatic rings. The average molecular weight is 668 g/mol. The maximum absolute atomic E-state index is 2.24. The summed E-state index contributed by atoms with van der Waals surface area (Å²) in [7, 11) is -1.75. The summed E-state index contributed by atoms with van der Waals surface area (Å²) in [4.78, 5) is 0. The molecule has 0 heterocycles. The van der Waals surface area contributed by atoms with Gasteiger partial charge in [-0.15, -0.1) is 0 Å². The number of benzene rings is 6. The maximum Gasteiger partial charge on any atom is 0.102 e. The number of hydrogen-bond acceptors (Lipinski definition) is 0. The third-order valence-corrected chi connectivity index (χ3v) is 11.8. The van der Waals surface area contributed by atoms with Crippen LogP contribution in [-0.2, 0) is 20.4 Å². The molecular weight excluding hydrogens is 636 g/mol. The van der Waals surface area contributed by atoms with Crippen molar-refractivity contribution in [2.24, 2.45) is 0 Å². The molecule has 0 nitrogen and oxygen atoms in total. The topological polar surface area (TPSA) is 0 Å². The molecule has 4 heteroatoms. The van der Waals surface area contributed by atoms with Gasteiger partial charge < -0.3 is 12.4 Å². The van der Waals surface area contributed by atoms with Crippen LogP contribution in [0.4, 0.5) is 0 Å². The molecule has 0 aliphatic rings. The SMILES string of the molecule is [Cl-].[Pd].c1ccc([PH+](c2ccccc2)c2ccccc2)cc1.c1ccc([PH+](c2ccccc2)c2ccccc2)cc1. The second-order valence-corrected chi connectivity index (χ2v) is 13.9. The van der Waals surface area contributed by atoms with Crippen molar-refractivity contribution >= 4 is 47.7 Å². The van der Waals surface area contributed by atoms with E-state index in [4.69, 9.17) is 0 Å². The molecule has 40 heavy (non-hydrogen) atoms. The van der Waals surface area contributed by atoms with Crippen LogP contribution in [0.25, 0.3) is 0 Å². The third kappa shape index (κ3) is 8.56. The molecule has 6 aromatic carbocycles. The molecule has 0 atom stereocenters. The van der Waals surface area contributed by atoms with E-state index >= 15 is 0 Å². The minimum atomic E-state index is -0.877. The number of hydrogen-bond donors (Lipinski definition) is 0. The smallest absolute Gasteiger partial charge is 0.102 e. The van der Waals surface area contributed by atoms with E-state index in [1.807, 2.05) is 0 Å². The van der Waals surface area contributed by atoms with E-state index in [1.54, 1.807) is 0 Å². The first kappa shape index (κ1) is 31.7. The second kappa shape index (κ2) is 17.1. The zero-order valence-corrected chi connectivity index (χ0v) is 26.3. The van der Waals surface area contributed by atoms with Crippen molar-refractivity contribution in [3.05, 3.63) is 182 Å². The second-order valence-electron chi connectivity index (χ2n) is 8.95. The Balaban J connectivity index is 0.000000210. The molecule has 0 unspecified atom stereocenters. The van der Waals surface area contributed by atoms with Gasteiger partial charge in [0.1, 0.15) is 31.8 Å². The van der Waals surface area contributed by atoms with Gasteiger partial charge in [0.05, 0.1) is 15.8 Å². The molecule has 6 rings (SSSR count). The minimum absolute atomic E-state index is 0. The van der Waals surface area contributed by atoms with Crippen molar-refractivity contribution in [2.45, 2.75) is 0 Å². The molecule has 202 valence electrons. The first-order valence-electron chi connectivity index (χ1n) is 13.0. The van der Waals surface area contributed by atoms with E-state index in [0.717, 1.165) is 0 Å². The normalized spacial score (nSPS) is 10.1. The van der Waals surface area contributed by atoms with Crippen molar-refractivity contribution < 1.29 is 32.8 Å². The summed E-state index contributed by atoms with van der Waals surface area (Å²) >= 11 is 0. The van der Waals surface area contributed by atoms with Crippen molar-refractivity contribution in [1.82, 2.24) is 0 Å². The zero-order valence-electron chi connectivity index (χ0n) is 22.0. The van der Waals surface area contributed by atoms with Gasteiger partial charge in [-0.1, -0.05) is 109 Å². The van der Waals surface area contributed by atoms with Crippen LogP contribution in [0.1, 0.15) is 0 Å². The van der Waals surface area contributed by atoms with Gasteiger partial charge in [0.2, 0.25) is 0 Å². The molecule has 0 saturated carbocycles. The Kier molecular flexibility index (Phi) is 13.5. The van der Waals surface area contributed by atoms with E-state index in [2.05, 4.69) is 182 Å². The molecular formula is C36H32ClP2Pd+. The van der Waals surface area contributed by atoms with Gasteiger partial charge in [-0.25, -0.2) is 0 Å². The van der Waals surface area contributed by atoms with E-state index < -0.39 is 15.8 Å². The quantitative estimate of drug-likeness (QED) is 0.189. The van der Waals surface area contributed by atoms with Crippen molar-refractivity contribution in [1.29, 1.82) is 0 Å². The van der Waals surface area contributed by atoms with Gasteiger partial charge in [-0.2, -0.15) is 0 Å². The monoisotopic (exact) mass is 667 g/mol. The van der Waals surface area contributed by atoms with Crippen LogP contribution in [0.3, 0.4) is 0 Å². The number of halogens is 1. The van der Waals surface area contributed by atoms with E-state index in [9.17, 15) is 0 Å². The van der Waals surface area contributed by atoms with E-state index in [-0.39, 0.29) is 32.8 Å². The molecule has 0 aliphatic carbocycles. The third-order valence-electron chi connectivity index (χ3n) is 6.37. The van der Waals surface area contributed by atoms with Crippen LogP contribution in [-0.4, -0.2) is 0 Å². The molecule has 0 aliphatic heterocycles. The Morgan fingerprint density at radius 3 is 0.475 bits per heavy atom. The van der Waals surface area contributed by atoms with Gasteiger partial charge in [0.15, 0.2) is 0 Å². The van der Waals surface area contributed by atoms with Crippen molar-refractivity contribution in [2.75, 3.05) is 0 Å². The Morgan fingerprint density at radius 2 is 0.350 bits per heavy atom. The van der Waals surface area contributed by atoms with Gasteiger partial charge in [-0.05, 0) is 72.8 Å². The number of rotatable bonds is 6. The van der Waals surface area contributed by atoms with Crippen LogP contribution >= 0.6 is 15.8 Å². The summed E-state index contributed by atoms with van der Waals surface area (Å²) in [5.74, 6) is 0. The van der Waals surface area contributed by atoms with Gasteiger partial charge in [0.25, 0.3) is 0 Å². The summed E-state index contributed by atoms with van der Waals surface area (Å²) < 4.78 is 0. The van der Waals surface area contributed by atoms with Gasteiger partial charge >= 0.3 is 0 Å². The van der Waals surface area contributed by atoms with Crippen LogP contribution in [0, 0.1) is 0 Å². The molecule has 0 aromatic heterocycles. The fraction of sp³-hybridized carbons (Fsp3) is 0. The van der Waals surface area contributed by atoms with Crippen LogP contribution in [0.15, 0.2) is 182 Å². The molecule has 0 spiro atoms. The zero-order chi connectivity index (χ0) is 25.8. The summed E-state index contributed by atoms with van der Waals surface area (Å²) in [5.41, 5.74) is 0. The van der Waals surface area contributed by atoms with Gasteiger partial charge in [-0.3, -0.25) is 0 Å². The summed E-state index contributed by atoms with van der Waals surface area (Å²) in [6, 6.07) is 65.0. The first-order valence-corrected chi connectivity index (χ1v) is 16.0. The van der Waals surface area contributed by atoms with Crippen LogP contribution < -0.4 is 44.2 Å². The Hall–Kier alpha value is -2.87. The summed E-state index contributed by atoms with van der Waals surface area (Å²) in [5, 5.41) is 8.61. The molecule has 0 bridgehead atoms. The fourth-order valence-electron chi connectivity index (χ4n) is 4.63. The Labute approximate surface area is 261 Å². The molecule has 0 saturated heterocycles. The molecule has 0 N–H and O–H groups in total. The van der Waals surface area contributed by atoms with Crippen molar-refractivity contribution in [3.8, 4) is 0 Å². The Morgan fingerprint density at radius 1 is 0.225 bits per heavy atom. The molecule has 0 fully saturated rings. The van der Waals surface area contributed by atoms with Gasteiger partial charge in [0, 0.05) is 20.4 Å². The fourth-order valence-corrected chi connectivity index (χ4v) is 9.78. The summed E-state index contributed by atoms with van der Waals surface area (Å²) in [6.07, 6.45) is 0. The first-order chi connectivity index (χ1) is 18.9. The van der Waals surface area contributed by atoms with E-state index in [0.29, 0.717) is 0 Å². The standard InChI is InChI=1S/2C18H15P.ClH.Pd/c2*1-4-10-16(11-5-1)19(17-12-6-2-7-13-17)18-14-8-3-9-15-18;;/h2*1-15H;1H;/p+1. The minimum Gasteiger partial charge on any atom is -1.00 e.